The minimum atomic E-state index is -3.45. The molecule has 12 heteroatoms. The lowest BCUT2D eigenvalue weighted by Crippen LogP contribution is -2.45. The van der Waals surface area contributed by atoms with Gasteiger partial charge in [-0.25, -0.2) is 26.5 Å². The molecule has 192 valence electrons. The molecule has 1 aliphatic carbocycles. The number of nitrogens with zero attached hydrogens (tertiary/aromatic N) is 4. The number of aliphatic hydroxyl groups is 1. The van der Waals surface area contributed by atoms with E-state index in [0.29, 0.717) is 45.2 Å². The number of alkyl halides is 2. The van der Waals surface area contributed by atoms with Gasteiger partial charge in [0.25, 0.3) is 12.0 Å². The number of rotatable bonds is 7. The molecule has 2 aromatic heterocycles. The Morgan fingerprint density at radius 2 is 2.00 bits per heavy atom. The summed E-state index contributed by atoms with van der Waals surface area (Å²) in [6.07, 6.45) is 2.46. The molecule has 3 atom stereocenters. The smallest absolute Gasteiger partial charge is 0.269 e. The normalized spacial score (nSPS) is 25.3. The quantitative estimate of drug-likeness (QED) is 0.549. The van der Waals surface area contributed by atoms with Gasteiger partial charge in [0, 0.05) is 30.7 Å². The van der Waals surface area contributed by atoms with E-state index in [0.717, 1.165) is 6.07 Å². The minimum Gasteiger partial charge on any atom is -0.388 e. The Morgan fingerprint density at radius 1 is 1.31 bits per heavy atom. The maximum Gasteiger partial charge on any atom is 0.269 e. The summed E-state index contributed by atoms with van der Waals surface area (Å²) >= 11 is 0. The molecule has 0 radical (unpaired) electrons. The highest BCUT2D eigenvalue weighted by molar-refractivity contribution is 7.89. The number of fused-ring (bicyclic) bond motifs is 1. The van der Waals surface area contributed by atoms with E-state index < -0.39 is 44.5 Å². The molecule has 1 saturated carbocycles. The first kappa shape index (κ1) is 25.6. The van der Waals surface area contributed by atoms with Crippen LogP contribution in [-0.4, -0.2) is 62.3 Å². The van der Waals surface area contributed by atoms with Gasteiger partial charge < -0.3 is 10.4 Å². The average molecular weight is 512 g/mol. The molecule has 0 amide bonds. The lowest BCUT2D eigenvalue weighted by Gasteiger charge is -2.33. The number of nitrogens with one attached hydrogen (secondary N) is 1. The van der Waals surface area contributed by atoms with Gasteiger partial charge in [-0.2, -0.15) is 4.98 Å². The molecule has 3 heterocycles. The van der Waals surface area contributed by atoms with Crippen LogP contribution in [0.5, 0.6) is 0 Å². The highest BCUT2D eigenvalue weighted by Crippen LogP contribution is 2.40. The van der Waals surface area contributed by atoms with E-state index >= 15 is 0 Å². The SMILES string of the molecule is C=CC(C)S(=O)(=O)N1CCC(Nc2ncc3cc(C(F)F)c(=O)n([C@@H]4CCC[C@@]4(C)O)c3n2)CC1. The second-order valence-corrected chi connectivity index (χ2v) is 11.9. The number of aromatic nitrogens is 3. The molecule has 4 rings (SSSR count). The standard InChI is InChI=1S/C23H31F2N5O4S/c1-4-14(2)35(33,34)29-10-7-16(8-11-29)27-22-26-13-15-12-17(19(24)25)21(31)30(20(15)28-22)18-6-5-9-23(18,3)32/h4,12-14,16,18-19,32H,1,5-11H2,2-3H3,(H,26,27,28)/t14?,18-,23-/m1/s1. The maximum atomic E-state index is 13.6. The molecule has 0 spiro atoms. The van der Waals surface area contributed by atoms with Gasteiger partial charge in [0.05, 0.1) is 22.5 Å². The largest absolute Gasteiger partial charge is 0.388 e. The average Bonchev–Trinajstić information content (AvgIpc) is 3.16. The molecule has 1 saturated heterocycles. The van der Waals surface area contributed by atoms with Gasteiger partial charge in [0.2, 0.25) is 16.0 Å². The number of hydrogen-bond acceptors (Lipinski definition) is 7. The summed E-state index contributed by atoms with van der Waals surface area (Å²) in [5.41, 5.74) is -2.55. The molecule has 2 fully saturated rings. The molecule has 9 nitrogen and oxygen atoms in total. The Labute approximate surface area is 202 Å². The highest BCUT2D eigenvalue weighted by Gasteiger charge is 2.40. The Balaban J connectivity index is 1.63. The van der Waals surface area contributed by atoms with Crippen LogP contribution in [0.1, 0.15) is 64.0 Å². The summed E-state index contributed by atoms with van der Waals surface area (Å²) in [4.78, 5) is 21.8. The van der Waals surface area contributed by atoms with E-state index in [1.165, 1.54) is 21.1 Å². The van der Waals surface area contributed by atoms with E-state index in [2.05, 4.69) is 21.9 Å². The third-order valence-electron chi connectivity index (χ3n) is 7.17. The number of hydrogen-bond donors (Lipinski definition) is 2. The number of halogens is 2. The van der Waals surface area contributed by atoms with E-state index in [1.807, 2.05) is 0 Å². The van der Waals surface area contributed by atoms with Crippen molar-refractivity contribution in [3.8, 4) is 0 Å². The van der Waals surface area contributed by atoms with Crippen LogP contribution in [-0.2, 0) is 10.0 Å². The topological polar surface area (TPSA) is 117 Å². The van der Waals surface area contributed by atoms with Crippen LogP contribution in [0.15, 0.2) is 29.7 Å². The second kappa shape index (κ2) is 9.55. The van der Waals surface area contributed by atoms with Gasteiger partial charge in [0.15, 0.2) is 0 Å². The van der Waals surface area contributed by atoms with Crippen LogP contribution in [0.2, 0.25) is 0 Å². The van der Waals surface area contributed by atoms with E-state index in [9.17, 15) is 27.1 Å². The van der Waals surface area contributed by atoms with Gasteiger partial charge in [0.1, 0.15) is 5.65 Å². The summed E-state index contributed by atoms with van der Waals surface area (Å²) in [6.45, 7) is 7.43. The molecule has 1 unspecified atom stereocenters. The monoisotopic (exact) mass is 511 g/mol. The molecular formula is C23H31F2N5O4S. The van der Waals surface area contributed by atoms with Gasteiger partial charge >= 0.3 is 0 Å². The van der Waals surface area contributed by atoms with Gasteiger partial charge in [-0.1, -0.05) is 6.08 Å². The van der Waals surface area contributed by atoms with Crippen LogP contribution in [0, 0.1) is 0 Å². The summed E-state index contributed by atoms with van der Waals surface area (Å²) in [7, 11) is -3.45. The van der Waals surface area contributed by atoms with Crippen molar-refractivity contribution in [1.29, 1.82) is 0 Å². The van der Waals surface area contributed by atoms with Crippen molar-refractivity contribution in [1.82, 2.24) is 18.8 Å². The second-order valence-electron chi connectivity index (χ2n) is 9.62. The predicted molar refractivity (Wildman–Crippen MR) is 129 cm³/mol. The number of piperidine rings is 1. The Hall–Kier alpha value is -2.44. The fourth-order valence-electron chi connectivity index (χ4n) is 4.99. The molecule has 35 heavy (non-hydrogen) atoms. The third kappa shape index (κ3) is 4.83. The van der Waals surface area contributed by atoms with Crippen molar-refractivity contribution in [2.75, 3.05) is 18.4 Å². The predicted octanol–water partition coefficient (Wildman–Crippen LogP) is 2.99. The first-order valence-corrected chi connectivity index (χ1v) is 13.3. The zero-order chi connectivity index (χ0) is 25.5. The molecule has 2 aliphatic rings. The number of sulfonamides is 1. The Morgan fingerprint density at radius 3 is 2.57 bits per heavy atom. The summed E-state index contributed by atoms with van der Waals surface area (Å²) in [5.74, 6) is 0.217. The summed E-state index contributed by atoms with van der Waals surface area (Å²) < 4.78 is 55.0. The summed E-state index contributed by atoms with van der Waals surface area (Å²) in [5, 5.41) is 13.6. The minimum absolute atomic E-state index is 0.104. The zero-order valence-corrected chi connectivity index (χ0v) is 20.6. The van der Waals surface area contributed by atoms with Gasteiger partial charge in [-0.3, -0.25) is 9.36 Å². The first-order chi connectivity index (χ1) is 16.5. The molecule has 2 N–H and O–H groups in total. The summed E-state index contributed by atoms with van der Waals surface area (Å²) in [6, 6.07) is 0.323. The fourth-order valence-corrected chi connectivity index (χ4v) is 6.42. The molecule has 2 aromatic rings. The lowest BCUT2D eigenvalue weighted by molar-refractivity contribution is 0.0261. The number of pyridine rings is 1. The third-order valence-corrected chi connectivity index (χ3v) is 9.39. The molecule has 0 bridgehead atoms. The molecule has 1 aliphatic heterocycles. The van der Waals surface area contributed by atoms with Crippen molar-refractivity contribution < 1.29 is 22.3 Å². The van der Waals surface area contributed by atoms with Crippen LogP contribution in [0.3, 0.4) is 0 Å². The van der Waals surface area contributed by atoms with Crippen molar-refractivity contribution in [3.63, 3.8) is 0 Å². The lowest BCUT2D eigenvalue weighted by atomic mass is 9.99. The molecule has 0 aromatic carbocycles. The van der Waals surface area contributed by atoms with Crippen LogP contribution < -0.4 is 10.9 Å². The van der Waals surface area contributed by atoms with Crippen LogP contribution in [0.25, 0.3) is 11.0 Å². The van der Waals surface area contributed by atoms with Crippen molar-refractivity contribution in [2.24, 2.45) is 0 Å². The Kier molecular flexibility index (Phi) is 7.00. The van der Waals surface area contributed by atoms with Crippen LogP contribution in [0.4, 0.5) is 14.7 Å². The van der Waals surface area contributed by atoms with Crippen molar-refractivity contribution in [3.05, 3.63) is 40.8 Å². The van der Waals surface area contributed by atoms with Crippen molar-refractivity contribution in [2.45, 2.75) is 75.3 Å². The van der Waals surface area contributed by atoms with E-state index in [-0.39, 0.29) is 23.0 Å². The maximum absolute atomic E-state index is 13.6. The first-order valence-electron chi connectivity index (χ1n) is 11.8. The Bertz CT molecular complexity index is 1270. The van der Waals surface area contributed by atoms with Gasteiger partial charge in [-0.05, 0) is 52.0 Å². The van der Waals surface area contributed by atoms with E-state index in [1.54, 1.807) is 13.8 Å². The van der Waals surface area contributed by atoms with E-state index in [4.69, 9.17) is 0 Å². The zero-order valence-electron chi connectivity index (χ0n) is 19.8. The number of anilines is 1. The fraction of sp³-hybridized carbons (Fsp3) is 0.609. The van der Waals surface area contributed by atoms with Gasteiger partial charge in [-0.15, -0.1) is 6.58 Å². The van der Waals surface area contributed by atoms with Crippen LogP contribution >= 0.6 is 0 Å². The van der Waals surface area contributed by atoms with Crippen molar-refractivity contribution >= 4 is 27.0 Å². The molecular weight excluding hydrogens is 480 g/mol. The highest BCUT2D eigenvalue weighted by atomic mass is 32.2.